The van der Waals surface area contributed by atoms with Crippen molar-refractivity contribution in [3.63, 3.8) is 0 Å². The van der Waals surface area contributed by atoms with Gasteiger partial charge in [0.15, 0.2) is 0 Å². The molecule has 2 fully saturated rings. The van der Waals surface area contributed by atoms with Crippen molar-refractivity contribution in [2.75, 3.05) is 11.9 Å². The minimum absolute atomic E-state index is 0. The topological polar surface area (TPSA) is 70.2 Å². The molecule has 5 nitrogen and oxygen atoms in total. The van der Waals surface area contributed by atoms with Gasteiger partial charge in [-0.3, -0.25) is 9.59 Å². The molecule has 0 aromatic heterocycles. The Kier molecular flexibility index (Phi) is 7.06. The highest BCUT2D eigenvalue weighted by atomic mass is 35.5. The van der Waals surface area contributed by atoms with Crippen LogP contribution in [-0.4, -0.2) is 30.4 Å². The van der Waals surface area contributed by atoms with Gasteiger partial charge in [0.2, 0.25) is 5.91 Å². The van der Waals surface area contributed by atoms with Crippen molar-refractivity contribution in [1.29, 1.82) is 0 Å². The summed E-state index contributed by atoms with van der Waals surface area (Å²) in [6.07, 6.45) is 7.27. The van der Waals surface area contributed by atoms with Gasteiger partial charge >= 0.3 is 0 Å². The largest absolute Gasteiger partial charge is 0.349 e. The van der Waals surface area contributed by atoms with E-state index in [0.29, 0.717) is 24.1 Å². The highest BCUT2D eigenvalue weighted by Gasteiger charge is 2.19. The predicted molar refractivity (Wildman–Crippen MR) is 97.7 cm³/mol. The lowest BCUT2D eigenvalue weighted by atomic mass is 10.1. The number of hydrogen-bond acceptors (Lipinski definition) is 3. The first kappa shape index (κ1) is 18.7. The first-order valence-corrected chi connectivity index (χ1v) is 8.65. The number of hydrogen-bond donors (Lipinski definition) is 3. The van der Waals surface area contributed by atoms with E-state index < -0.39 is 0 Å². The lowest BCUT2D eigenvalue weighted by molar-refractivity contribution is -0.116. The molecule has 1 saturated heterocycles. The summed E-state index contributed by atoms with van der Waals surface area (Å²) in [6.45, 7) is 1.00. The third-order valence-corrected chi connectivity index (χ3v) is 4.72. The minimum Gasteiger partial charge on any atom is -0.349 e. The van der Waals surface area contributed by atoms with Crippen molar-refractivity contribution < 1.29 is 9.59 Å². The van der Waals surface area contributed by atoms with E-state index in [0.717, 1.165) is 37.9 Å². The average Bonchev–Trinajstić information content (AvgIpc) is 3.21. The third-order valence-electron chi connectivity index (χ3n) is 4.72. The number of anilines is 1. The molecule has 1 aliphatic carbocycles. The number of amides is 2. The maximum atomic E-state index is 12.2. The van der Waals surface area contributed by atoms with Crippen molar-refractivity contribution in [2.24, 2.45) is 0 Å². The number of benzene rings is 1. The monoisotopic (exact) mass is 351 g/mol. The second-order valence-electron chi connectivity index (χ2n) is 6.58. The van der Waals surface area contributed by atoms with Gasteiger partial charge in [-0.2, -0.15) is 0 Å². The average molecular weight is 352 g/mol. The molecule has 2 aliphatic rings. The lowest BCUT2D eigenvalue weighted by Gasteiger charge is -2.13. The van der Waals surface area contributed by atoms with Gasteiger partial charge in [0, 0.05) is 29.8 Å². The lowest BCUT2D eigenvalue weighted by Crippen LogP contribution is -2.32. The Morgan fingerprint density at radius 1 is 1.04 bits per heavy atom. The van der Waals surface area contributed by atoms with E-state index in [-0.39, 0.29) is 24.2 Å². The molecule has 1 aromatic rings. The Labute approximate surface area is 149 Å². The van der Waals surface area contributed by atoms with Crippen LogP contribution in [0.15, 0.2) is 24.3 Å². The summed E-state index contributed by atoms with van der Waals surface area (Å²) in [7, 11) is 0. The second kappa shape index (κ2) is 9.04. The standard InChI is InChI=1S/C18H25N3O2.ClH/c22-17(12-16-6-3-11-19-16)20-15-9-7-13(8-10-15)18(23)21-14-4-1-2-5-14;/h7-10,14,16,19H,1-6,11-12H2,(H,20,22)(H,21,23);1H. The maximum Gasteiger partial charge on any atom is 0.251 e. The number of halogens is 1. The Balaban J connectivity index is 0.00000208. The number of rotatable bonds is 5. The summed E-state index contributed by atoms with van der Waals surface area (Å²) in [5.41, 5.74) is 1.39. The van der Waals surface area contributed by atoms with E-state index >= 15 is 0 Å². The number of carbonyl (C=O) groups excluding carboxylic acids is 2. The Morgan fingerprint density at radius 2 is 1.75 bits per heavy atom. The summed E-state index contributed by atoms with van der Waals surface area (Å²) in [5, 5.41) is 9.28. The van der Waals surface area contributed by atoms with Gasteiger partial charge in [-0.1, -0.05) is 12.8 Å². The first-order valence-electron chi connectivity index (χ1n) is 8.65. The molecular weight excluding hydrogens is 326 g/mol. The summed E-state index contributed by atoms with van der Waals surface area (Å²) >= 11 is 0. The molecule has 1 unspecified atom stereocenters. The van der Waals surface area contributed by atoms with Crippen LogP contribution in [0.25, 0.3) is 0 Å². The molecular formula is C18H26ClN3O2. The van der Waals surface area contributed by atoms with Crippen LogP contribution in [0.5, 0.6) is 0 Å². The van der Waals surface area contributed by atoms with Crippen LogP contribution in [0.2, 0.25) is 0 Å². The Morgan fingerprint density at radius 3 is 2.38 bits per heavy atom. The summed E-state index contributed by atoms with van der Waals surface area (Å²) in [4.78, 5) is 24.1. The van der Waals surface area contributed by atoms with E-state index in [4.69, 9.17) is 0 Å². The van der Waals surface area contributed by atoms with Crippen molar-refractivity contribution >= 4 is 29.9 Å². The molecule has 24 heavy (non-hydrogen) atoms. The molecule has 0 spiro atoms. The van der Waals surface area contributed by atoms with Crippen molar-refractivity contribution in [1.82, 2.24) is 10.6 Å². The zero-order valence-electron chi connectivity index (χ0n) is 13.8. The van der Waals surface area contributed by atoms with Crippen molar-refractivity contribution in [3.8, 4) is 0 Å². The van der Waals surface area contributed by atoms with Gasteiger partial charge in [0.1, 0.15) is 0 Å². The van der Waals surface area contributed by atoms with E-state index in [1.54, 1.807) is 24.3 Å². The fourth-order valence-corrected chi connectivity index (χ4v) is 3.41. The molecule has 1 aromatic carbocycles. The molecule has 1 heterocycles. The van der Waals surface area contributed by atoms with Crippen LogP contribution in [0.3, 0.4) is 0 Å². The van der Waals surface area contributed by atoms with Crippen LogP contribution < -0.4 is 16.0 Å². The van der Waals surface area contributed by atoms with Crippen LogP contribution in [0, 0.1) is 0 Å². The van der Waals surface area contributed by atoms with Gasteiger partial charge in [0.05, 0.1) is 0 Å². The highest BCUT2D eigenvalue weighted by Crippen LogP contribution is 2.18. The SMILES string of the molecule is Cl.O=C(CC1CCCN1)Nc1ccc(C(=O)NC2CCCC2)cc1. The van der Waals surface area contributed by atoms with E-state index in [1.807, 2.05) is 0 Å². The minimum atomic E-state index is -0.0232. The van der Waals surface area contributed by atoms with Gasteiger partial charge in [-0.05, 0) is 56.5 Å². The molecule has 3 rings (SSSR count). The zero-order chi connectivity index (χ0) is 16.1. The van der Waals surface area contributed by atoms with Gasteiger partial charge < -0.3 is 16.0 Å². The van der Waals surface area contributed by atoms with Crippen LogP contribution in [0.1, 0.15) is 55.3 Å². The summed E-state index contributed by atoms with van der Waals surface area (Å²) in [5.74, 6) is -0.00232. The summed E-state index contributed by atoms with van der Waals surface area (Å²) < 4.78 is 0. The summed E-state index contributed by atoms with van der Waals surface area (Å²) in [6, 6.07) is 7.75. The van der Waals surface area contributed by atoms with Gasteiger partial charge in [-0.25, -0.2) is 0 Å². The van der Waals surface area contributed by atoms with Crippen LogP contribution >= 0.6 is 12.4 Å². The molecule has 0 radical (unpaired) electrons. The van der Waals surface area contributed by atoms with Crippen molar-refractivity contribution in [2.45, 2.75) is 57.0 Å². The molecule has 2 amide bonds. The van der Waals surface area contributed by atoms with E-state index in [2.05, 4.69) is 16.0 Å². The van der Waals surface area contributed by atoms with Crippen LogP contribution in [-0.2, 0) is 4.79 Å². The molecule has 1 atom stereocenters. The van der Waals surface area contributed by atoms with E-state index in [9.17, 15) is 9.59 Å². The quantitative estimate of drug-likeness (QED) is 0.764. The fraction of sp³-hybridized carbons (Fsp3) is 0.556. The fourth-order valence-electron chi connectivity index (χ4n) is 3.41. The highest BCUT2D eigenvalue weighted by molar-refractivity contribution is 5.96. The maximum absolute atomic E-state index is 12.2. The van der Waals surface area contributed by atoms with Gasteiger partial charge in [-0.15, -0.1) is 12.4 Å². The Hall–Kier alpha value is -1.59. The third kappa shape index (κ3) is 5.21. The second-order valence-corrected chi connectivity index (χ2v) is 6.58. The normalized spacial score (nSPS) is 20.4. The molecule has 1 aliphatic heterocycles. The number of nitrogens with one attached hydrogen (secondary N) is 3. The van der Waals surface area contributed by atoms with E-state index in [1.165, 1.54) is 12.8 Å². The number of carbonyl (C=O) groups is 2. The molecule has 6 heteroatoms. The Bertz CT molecular complexity index is 550. The zero-order valence-corrected chi connectivity index (χ0v) is 14.7. The molecule has 3 N–H and O–H groups in total. The van der Waals surface area contributed by atoms with Crippen molar-refractivity contribution in [3.05, 3.63) is 29.8 Å². The molecule has 132 valence electrons. The smallest absolute Gasteiger partial charge is 0.251 e. The van der Waals surface area contributed by atoms with Crippen LogP contribution in [0.4, 0.5) is 5.69 Å². The molecule has 1 saturated carbocycles. The molecule has 0 bridgehead atoms. The van der Waals surface area contributed by atoms with Gasteiger partial charge in [0.25, 0.3) is 5.91 Å². The predicted octanol–water partition coefficient (Wildman–Crippen LogP) is 2.86. The first-order chi connectivity index (χ1) is 11.2.